The maximum atomic E-state index is 15.0. The van der Waals surface area contributed by atoms with Crippen LogP contribution in [-0.4, -0.2) is 58.8 Å². The fourth-order valence-corrected chi connectivity index (χ4v) is 4.58. The van der Waals surface area contributed by atoms with Crippen molar-refractivity contribution in [1.82, 2.24) is 5.32 Å². The van der Waals surface area contributed by atoms with Gasteiger partial charge < -0.3 is 25.0 Å². The van der Waals surface area contributed by atoms with Crippen LogP contribution in [0.15, 0.2) is 66.7 Å². The Morgan fingerprint density at radius 2 is 1.42 bits per heavy atom. The van der Waals surface area contributed by atoms with Crippen molar-refractivity contribution in [2.24, 2.45) is 0 Å². The van der Waals surface area contributed by atoms with Gasteiger partial charge in [0.25, 0.3) is 11.5 Å². The van der Waals surface area contributed by atoms with Crippen molar-refractivity contribution in [1.29, 1.82) is 0 Å². The first-order valence-corrected chi connectivity index (χ1v) is 13.5. The van der Waals surface area contributed by atoms with Crippen molar-refractivity contribution in [3.63, 3.8) is 0 Å². The third kappa shape index (κ3) is 7.91. The van der Waals surface area contributed by atoms with Crippen LogP contribution in [0.4, 0.5) is 52.7 Å². The molecule has 0 aliphatic carbocycles. The molecule has 0 spiro atoms. The summed E-state index contributed by atoms with van der Waals surface area (Å²) in [5.41, 5.74) is -10.2. The van der Waals surface area contributed by atoms with Crippen molar-refractivity contribution in [3.05, 3.63) is 95.1 Å². The zero-order chi connectivity index (χ0) is 36.5. The molecule has 0 aliphatic heterocycles. The number of halogens is 12. The van der Waals surface area contributed by atoms with Gasteiger partial charge in [0, 0.05) is 12.5 Å². The van der Waals surface area contributed by atoms with E-state index in [1.807, 2.05) is 0 Å². The van der Waals surface area contributed by atoms with Gasteiger partial charge in [-0.3, -0.25) is 4.79 Å². The Balaban J connectivity index is 2.43. The van der Waals surface area contributed by atoms with E-state index < -0.39 is 94.8 Å². The first-order valence-electron chi connectivity index (χ1n) is 13.5. The molecule has 6 nitrogen and oxygen atoms in total. The molecule has 0 heterocycles. The summed E-state index contributed by atoms with van der Waals surface area (Å²) in [5.74, 6) is -7.22. The minimum absolute atomic E-state index is 0.0505. The lowest BCUT2D eigenvalue weighted by atomic mass is 9.77. The molecule has 18 heteroatoms. The molecular weight excluding hydrogens is 682 g/mol. The van der Waals surface area contributed by atoms with Crippen LogP contribution in [0.2, 0.25) is 0 Å². The summed E-state index contributed by atoms with van der Waals surface area (Å²) in [7, 11) is 0. The third-order valence-corrected chi connectivity index (χ3v) is 6.82. The number of benzene rings is 3. The fourth-order valence-electron chi connectivity index (χ4n) is 4.58. The van der Waals surface area contributed by atoms with Crippen LogP contribution in [0.5, 0.6) is 11.5 Å². The molecule has 1 amide bonds. The molecule has 0 fully saturated rings. The van der Waals surface area contributed by atoms with Crippen LogP contribution < -0.4 is 14.8 Å². The standard InChI is InChI=1S/C30H25F12NO5/c1-15(2)47-22-12-17(8-9-21(22)32)26(14-16-6-4-3-5-7-16,18-10-19(31)13-20(11-18)48-28(35,36)25(33)34)43-24(45)23(44)27(46,29(37,38)39)30(40,41)42/h3-13,15,23,25,44,46H,14H2,1-2H3,(H,43,45). The molecular formula is C30H25F12NO5. The van der Waals surface area contributed by atoms with E-state index >= 15 is 4.39 Å². The van der Waals surface area contributed by atoms with Gasteiger partial charge in [-0.25, -0.2) is 8.78 Å². The number of carbonyl (C=O) groups is 1. The molecule has 0 bridgehead atoms. The van der Waals surface area contributed by atoms with Gasteiger partial charge in [0.15, 0.2) is 17.7 Å². The zero-order valence-corrected chi connectivity index (χ0v) is 24.4. The topological polar surface area (TPSA) is 88.0 Å². The number of hydrogen-bond donors (Lipinski definition) is 3. The van der Waals surface area contributed by atoms with Gasteiger partial charge in [0.05, 0.1) is 11.6 Å². The Kier molecular flexibility index (Phi) is 10.9. The number of alkyl halides is 10. The summed E-state index contributed by atoms with van der Waals surface area (Å²) in [6.07, 6.45) is -29.2. The molecule has 48 heavy (non-hydrogen) atoms. The third-order valence-electron chi connectivity index (χ3n) is 6.82. The van der Waals surface area contributed by atoms with Gasteiger partial charge in [-0.2, -0.15) is 43.9 Å². The Bertz CT molecular complexity index is 1570. The molecule has 0 aromatic heterocycles. The summed E-state index contributed by atoms with van der Waals surface area (Å²) >= 11 is 0. The van der Waals surface area contributed by atoms with Crippen LogP contribution in [0, 0.1) is 11.6 Å². The van der Waals surface area contributed by atoms with Gasteiger partial charge >= 0.3 is 24.9 Å². The Morgan fingerprint density at radius 1 is 0.833 bits per heavy atom. The van der Waals surface area contributed by atoms with Crippen molar-refractivity contribution >= 4 is 5.91 Å². The molecule has 0 aliphatic rings. The van der Waals surface area contributed by atoms with E-state index in [4.69, 9.17) is 4.74 Å². The quantitative estimate of drug-likeness (QED) is 0.180. The molecule has 3 aromatic rings. The van der Waals surface area contributed by atoms with E-state index in [1.54, 1.807) is 5.32 Å². The van der Waals surface area contributed by atoms with Crippen LogP contribution >= 0.6 is 0 Å². The first-order chi connectivity index (χ1) is 21.9. The molecule has 264 valence electrons. The minimum atomic E-state index is -6.72. The van der Waals surface area contributed by atoms with Gasteiger partial charge in [0.2, 0.25) is 0 Å². The fraction of sp³-hybridized carbons (Fsp3) is 0.367. The van der Waals surface area contributed by atoms with Crippen LogP contribution in [0.25, 0.3) is 0 Å². The summed E-state index contributed by atoms with van der Waals surface area (Å²) in [6.45, 7) is 2.85. The molecule has 0 saturated heterocycles. The van der Waals surface area contributed by atoms with E-state index in [-0.39, 0.29) is 11.6 Å². The normalized spacial score (nSPS) is 14.9. The highest BCUT2D eigenvalue weighted by Crippen LogP contribution is 2.46. The first kappa shape index (κ1) is 38.3. The molecule has 3 N–H and O–H groups in total. The van der Waals surface area contributed by atoms with Crippen molar-refractivity contribution in [2.75, 3.05) is 0 Å². The number of ether oxygens (including phenoxy) is 2. The number of aliphatic hydroxyl groups excluding tert-OH is 1. The second kappa shape index (κ2) is 13.7. The van der Waals surface area contributed by atoms with Gasteiger partial charge in [-0.1, -0.05) is 36.4 Å². The summed E-state index contributed by atoms with van der Waals surface area (Å²) < 4.78 is 174. The SMILES string of the molecule is CC(C)Oc1cc(C(Cc2ccccc2)(NC(=O)C(O)C(O)(C(F)(F)F)C(F)(F)F)c2cc(F)cc(OC(F)(F)C(F)F)c2)ccc1F. The maximum Gasteiger partial charge on any atom is 0.461 e. The van der Waals surface area contributed by atoms with Crippen molar-refractivity contribution in [3.8, 4) is 11.5 Å². The average Bonchev–Trinajstić information content (AvgIpc) is 2.95. The van der Waals surface area contributed by atoms with Gasteiger partial charge in [-0.15, -0.1) is 0 Å². The molecule has 0 saturated carbocycles. The predicted octanol–water partition coefficient (Wildman–Crippen LogP) is 6.81. The largest absolute Gasteiger partial charge is 0.488 e. The highest BCUT2D eigenvalue weighted by molar-refractivity contribution is 5.84. The monoisotopic (exact) mass is 707 g/mol. The van der Waals surface area contributed by atoms with Crippen LogP contribution in [0.1, 0.15) is 30.5 Å². The average molecular weight is 708 g/mol. The van der Waals surface area contributed by atoms with E-state index in [0.29, 0.717) is 18.2 Å². The van der Waals surface area contributed by atoms with Crippen molar-refractivity contribution in [2.45, 2.75) is 68.5 Å². The number of aliphatic hydroxyl groups is 2. The van der Waals surface area contributed by atoms with Gasteiger partial charge in [0.1, 0.15) is 11.6 Å². The van der Waals surface area contributed by atoms with E-state index in [0.717, 1.165) is 12.1 Å². The number of hydrogen-bond acceptors (Lipinski definition) is 5. The van der Waals surface area contributed by atoms with Crippen molar-refractivity contribution < 1.29 is 77.2 Å². The molecule has 0 radical (unpaired) electrons. The van der Waals surface area contributed by atoms with E-state index in [9.17, 15) is 63.3 Å². The smallest absolute Gasteiger partial charge is 0.461 e. The number of amides is 1. The summed E-state index contributed by atoms with van der Waals surface area (Å²) in [4.78, 5) is 13.3. The lowest BCUT2D eigenvalue weighted by Gasteiger charge is -2.40. The molecule has 3 aromatic carbocycles. The molecule has 2 atom stereocenters. The van der Waals surface area contributed by atoms with Gasteiger partial charge in [-0.05, 0) is 54.8 Å². The molecule has 2 unspecified atom stereocenters. The van der Waals surface area contributed by atoms with Crippen LogP contribution in [-0.2, 0) is 16.8 Å². The lowest BCUT2D eigenvalue weighted by Crippen LogP contribution is -2.69. The predicted molar refractivity (Wildman–Crippen MR) is 142 cm³/mol. The zero-order valence-electron chi connectivity index (χ0n) is 24.4. The second-order valence-electron chi connectivity index (χ2n) is 10.7. The number of carbonyl (C=O) groups excluding carboxylic acids is 1. The Labute approximate surface area is 263 Å². The minimum Gasteiger partial charge on any atom is -0.488 e. The maximum absolute atomic E-state index is 15.0. The highest BCUT2D eigenvalue weighted by Gasteiger charge is 2.76. The molecule has 3 rings (SSSR count). The number of rotatable bonds is 12. The lowest BCUT2D eigenvalue weighted by molar-refractivity contribution is -0.386. The highest BCUT2D eigenvalue weighted by atomic mass is 19.4. The number of nitrogens with one attached hydrogen (secondary N) is 1. The summed E-state index contributed by atoms with van der Waals surface area (Å²) in [6, 6.07) is 10.0. The summed E-state index contributed by atoms with van der Waals surface area (Å²) in [5, 5.41) is 21.7. The Morgan fingerprint density at radius 3 is 1.94 bits per heavy atom. The van der Waals surface area contributed by atoms with E-state index in [1.165, 1.54) is 44.2 Å². The van der Waals surface area contributed by atoms with E-state index in [2.05, 4.69) is 4.74 Å². The second-order valence-corrected chi connectivity index (χ2v) is 10.7. The Hall–Kier alpha value is -4.19. The van der Waals surface area contributed by atoms with Crippen LogP contribution in [0.3, 0.4) is 0 Å².